The van der Waals surface area contributed by atoms with Crippen LogP contribution in [0.2, 0.25) is 0 Å². The Morgan fingerprint density at radius 1 is 0.655 bits per heavy atom. The monoisotopic (exact) mass is 444 g/mol. The van der Waals surface area contributed by atoms with E-state index in [4.69, 9.17) is 16.2 Å². The van der Waals surface area contributed by atoms with E-state index in [9.17, 15) is 26.4 Å². The van der Waals surface area contributed by atoms with Gasteiger partial charge in [-0.3, -0.25) is 10.9 Å². The molecule has 2 aromatic carbocycles. The molecule has 0 aliphatic rings. The molecule has 0 aliphatic carbocycles. The number of amides is 4. The first kappa shape index (κ1) is 21.9. The number of sulfonamides is 2. The molecule has 156 valence electrons. The van der Waals surface area contributed by atoms with Gasteiger partial charge in [-0.25, -0.2) is 26.4 Å². The van der Waals surface area contributed by atoms with Crippen LogP contribution in [0, 0.1) is 0 Å². The minimum absolute atomic E-state index is 0.159. The standard InChI is InChI=1S/C14H16N6O7S2/c15-13(21)17-19-28(23,24)11-5-1-9(2-6-11)27-10-3-7-12(8-4-10)29(25,26)20-18-14(16)22/h1-8,19-20H,(H3,15,17,21)(H3,16,18,22). The molecule has 0 saturated heterocycles. The number of ether oxygens (including phenoxy) is 1. The summed E-state index contributed by atoms with van der Waals surface area (Å²) >= 11 is 0. The van der Waals surface area contributed by atoms with Crippen LogP contribution in [-0.4, -0.2) is 28.9 Å². The van der Waals surface area contributed by atoms with Crippen molar-refractivity contribution < 1.29 is 31.2 Å². The third kappa shape index (κ3) is 6.32. The predicted molar refractivity (Wildman–Crippen MR) is 99.0 cm³/mol. The maximum atomic E-state index is 11.9. The van der Waals surface area contributed by atoms with Crippen molar-refractivity contribution in [1.82, 2.24) is 20.5 Å². The van der Waals surface area contributed by atoms with Crippen LogP contribution in [0.3, 0.4) is 0 Å². The molecule has 0 bridgehead atoms. The third-order valence-corrected chi connectivity index (χ3v) is 5.65. The van der Waals surface area contributed by atoms with E-state index in [1.165, 1.54) is 48.5 Å². The van der Waals surface area contributed by atoms with Gasteiger partial charge in [0.2, 0.25) is 0 Å². The van der Waals surface area contributed by atoms with Crippen molar-refractivity contribution in [3.8, 4) is 11.5 Å². The number of nitrogens with two attached hydrogens (primary N) is 2. The maximum Gasteiger partial charge on any atom is 0.327 e. The number of rotatable bonds is 8. The van der Waals surface area contributed by atoms with Gasteiger partial charge >= 0.3 is 12.1 Å². The molecule has 0 saturated carbocycles. The van der Waals surface area contributed by atoms with E-state index >= 15 is 0 Å². The number of nitrogens with one attached hydrogen (secondary N) is 4. The highest BCUT2D eigenvalue weighted by atomic mass is 32.2. The van der Waals surface area contributed by atoms with Gasteiger partial charge in [-0.15, -0.1) is 9.66 Å². The fourth-order valence-electron chi connectivity index (χ4n) is 1.86. The van der Waals surface area contributed by atoms with Gasteiger partial charge in [-0.1, -0.05) is 0 Å². The molecule has 0 heterocycles. The van der Waals surface area contributed by atoms with E-state index in [2.05, 4.69) is 0 Å². The predicted octanol–water partition coefficient (Wildman–Crippen LogP) is -0.798. The Hall–Kier alpha value is -3.40. The third-order valence-electron chi connectivity index (χ3n) is 3.12. The zero-order chi connectivity index (χ0) is 21.7. The molecule has 0 unspecified atom stereocenters. The minimum atomic E-state index is -4.01. The molecule has 2 rings (SSSR count). The molecule has 0 spiro atoms. The molecule has 8 N–H and O–H groups in total. The lowest BCUT2D eigenvalue weighted by Crippen LogP contribution is -2.44. The molecular weight excluding hydrogens is 428 g/mol. The van der Waals surface area contributed by atoms with Gasteiger partial charge in [0.1, 0.15) is 11.5 Å². The molecule has 0 aromatic heterocycles. The molecule has 0 radical (unpaired) electrons. The van der Waals surface area contributed by atoms with E-state index in [-0.39, 0.29) is 21.3 Å². The summed E-state index contributed by atoms with van der Waals surface area (Å²) in [6.45, 7) is 0. The Morgan fingerprint density at radius 3 is 1.24 bits per heavy atom. The minimum Gasteiger partial charge on any atom is -0.457 e. The number of carbonyl (C=O) groups is 2. The van der Waals surface area contributed by atoms with Crippen molar-refractivity contribution in [3.05, 3.63) is 48.5 Å². The van der Waals surface area contributed by atoms with Crippen LogP contribution in [0.25, 0.3) is 0 Å². The number of benzene rings is 2. The van der Waals surface area contributed by atoms with E-state index in [0.29, 0.717) is 0 Å². The second kappa shape index (κ2) is 8.74. The number of hydrogen-bond acceptors (Lipinski definition) is 7. The second-order valence-electron chi connectivity index (χ2n) is 5.23. The topological polar surface area (TPSA) is 212 Å². The Bertz CT molecular complexity index is 1010. The van der Waals surface area contributed by atoms with Gasteiger partial charge in [-0.05, 0) is 48.5 Å². The Morgan fingerprint density at radius 2 is 0.966 bits per heavy atom. The lowest BCUT2D eigenvalue weighted by atomic mass is 10.3. The number of urea groups is 2. The fourth-order valence-corrected chi connectivity index (χ4v) is 3.56. The van der Waals surface area contributed by atoms with Crippen LogP contribution in [-0.2, 0) is 20.0 Å². The number of carbonyl (C=O) groups excluding carboxylic acids is 2. The highest BCUT2D eigenvalue weighted by molar-refractivity contribution is 7.89. The summed E-state index contributed by atoms with van der Waals surface area (Å²) in [5.41, 5.74) is 13.1. The first-order valence-electron chi connectivity index (χ1n) is 7.52. The zero-order valence-electron chi connectivity index (χ0n) is 14.4. The van der Waals surface area contributed by atoms with Crippen LogP contribution in [0.4, 0.5) is 9.59 Å². The van der Waals surface area contributed by atoms with Gasteiger partial charge < -0.3 is 16.2 Å². The quantitative estimate of drug-likeness (QED) is 0.285. The summed E-state index contributed by atoms with van der Waals surface area (Å²) in [6.07, 6.45) is 0. The van der Waals surface area contributed by atoms with Crippen molar-refractivity contribution in [2.45, 2.75) is 9.79 Å². The number of hydrogen-bond donors (Lipinski definition) is 6. The summed E-state index contributed by atoms with van der Waals surface area (Å²) in [7, 11) is -8.02. The van der Waals surface area contributed by atoms with Crippen LogP contribution in [0.5, 0.6) is 11.5 Å². The maximum absolute atomic E-state index is 11.9. The van der Waals surface area contributed by atoms with Crippen molar-refractivity contribution in [2.24, 2.45) is 11.5 Å². The average molecular weight is 444 g/mol. The van der Waals surface area contributed by atoms with Crippen LogP contribution >= 0.6 is 0 Å². The van der Waals surface area contributed by atoms with Crippen molar-refractivity contribution >= 4 is 32.1 Å². The largest absolute Gasteiger partial charge is 0.457 e. The zero-order valence-corrected chi connectivity index (χ0v) is 16.1. The first-order chi connectivity index (χ1) is 13.5. The molecule has 15 heteroatoms. The number of primary amides is 2. The summed E-state index contributed by atoms with van der Waals surface area (Å²) in [5.74, 6) is 0.520. The molecule has 0 atom stereocenters. The molecular formula is C14H16N6O7S2. The first-order valence-corrected chi connectivity index (χ1v) is 10.5. The molecule has 0 aliphatic heterocycles. The van der Waals surface area contributed by atoms with E-state index in [0.717, 1.165) is 0 Å². The number of hydrazine groups is 2. The average Bonchev–Trinajstić information content (AvgIpc) is 2.66. The van der Waals surface area contributed by atoms with E-state index < -0.39 is 32.1 Å². The van der Waals surface area contributed by atoms with Crippen LogP contribution < -0.4 is 36.7 Å². The summed E-state index contributed by atoms with van der Waals surface area (Å²) in [5, 5.41) is 0. The van der Waals surface area contributed by atoms with Crippen molar-refractivity contribution in [3.63, 3.8) is 0 Å². The lowest BCUT2D eigenvalue weighted by molar-refractivity contribution is 0.246. The van der Waals surface area contributed by atoms with Crippen molar-refractivity contribution in [1.29, 1.82) is 0 Å². The molecule has 13 nitrogen and oxygen atoms in total. The Balaban J connectivity index is 2.07. The molecule has 0 fully saturated rings. The molecule has 4 amide bonds. The van der Waals surface area contributed by atoms with Gasteiger partial charge in [0, 0.05) is 0 Å². The highest BCUT2D eigenvalue weighted by Gasteiger charge is 2.16. The highest BCUT2D eigenvalue weighted by Crippen LogP contribution is 2.24. The van der Waals surface area contributed by atoms with Crippen molar-refractivity contribution in [2.75, 3.05) is 0 Å². The Kier molecular flexibility index (Phi) is 6.60. The SMILES string of the molecule is NC(=O)NNS(=O)(=O)c1ccc(Oc2ccc(S(=O)(=O)NNC(N)=O)cc2)cc1. The molecule has 2 aromatic rings. The van der Waals surface area contributed by atoms with Crippen LogP contribution in [0.15, 0.2) is 58.3 Å². The van der Waals surface area contributed by atoms with Gasteiger partial charge in [0.25, 0.3) is 20.0 Å². The van der Waals surface area contributed by atoms with Gasteiger partial charge in [0.05, 0.1) is 9.79 Å². The van der Waals surface area contributed by atoms with Crippen LogP contribution in [0.1, 0.15) is 0 Å². The lowest BCUT2D eigenvalue weighted by Gasteiger charge is -2.10. The smallest absolute Gasteiger partial charge is 0.327 e. The summed E-state index contributed by atoms with van der Waals surface area (Å²) in [4.78, 5) is 24.4. The Labute approximate surface area is 165 Å². The fraction of sp³-hybridized carbons (Fsp3) is 0. The van der Waals surface area contributed by atoms with E-state index in [1.807, 2.05) is 0 Å². The van der Waals surface area contributed by atoms with E-state index in [1.54, 1.807) is 20.5 Å². The van der Waals surface area contributed by atoms with Gasteiger partial charge in [0.15, 0.2) is 0 Å². The normalized spacial score (nSPS) is 11.4. The summed E-state index contributed by atoms with van der Waals surface area (Å²) in [6, 6.07) is 8.14. The molecule has 29 heavy (non-hydrogen) atoms. The van der Waals surface area contributed by atoms with Gasteiger partial charge in [-0.2, -0.15) is 0 Å². The second-order valence-corrected chi connectivity index (χ2v) is 8.60. The summed E-state index contributed by atoms with van der Waals surface area (Å²) < 4.78 is 53.2.